The van der Waals surface area contributed by atoms with Gasteiger partial charge in [-0.3, -0.25) is 0 Å². The van der Waals surface area contributed by atoms with Crippen LogP contribution in [0, 0.1) is 11.3 Å². The summed E-state index contributed by atoms with van der Waals surface area (Å²) < 4.78 is 0. The fourth-order valence-corrected chi connectivity index (χ4v) is 1.51. The van der Waals surface area contributed by atoms with E-state index in [1.54, 1.807) is 11.5 Å². The number of nitrogens with one attached hydrogen (secondary N) is 2. The van der Waals surface area contributed by atoms with Gasteiger partial charge in [-0.2, -0.15) is 12.6 Å². The van der Waals surface area contributed by atoms with Crippen molar-refractivity contribution in [3.63, 3.8) is 0 Å². The SMILES string of the molecule is N=C(/C=C\S)C1CCNCC1. The van der Waals surface area contributed by atoms with E-state index in [2.05, 4.69) is 17.9 Å². The maximum atomic E-state index is 7.62. The number of allylic oxidation sites excluding steroid dienone is 1. The van der Waals surface area contributed by atoms with Gasteiger partial charge in [0.05, 0.1) is 0 Å². The van der Waals surface area contributed by atoms with Crippen molar-refractivity contribution in [3.05, 3.63) is 11.5 Å². The Morgan fingerprint density at radius 3 is 2.64 bits per heavy atom. The predicted molar refractivity (Wildman–Crippen MR) is 51.4 cm³/mol. The molecule has 0 aromatic heterocycles. The van der Waals surface area contributed by atoms with Gasteiger partial charge in [0.15, 0.2) is 0 Å². The summed E-state index contributed by atoms with van der Waals surface area (Å²) in [5.41, 5.74) is 0.724. The summed E-state index contributed by atoms with van der Waals surface area (Å²) in [4.78, 5) is 0. The Morgan fingerprint density at radius 2 is 2.09 bits per heavy atom. The van der Waals surface area contributed by atoms with Crippen molar-refractivity contribution in [2.24, 2.45) is 5.92 Å². The molecule has 0 spiro atoms. The maximum Gasteiger partial charge on any atom is 0.0350 e. The lowest BCUT2D eigenvalue weighted by molar-refractivity contribution is 0.456. The molecule has 0 radical (unpaired) electrons. The molecule has 0 saturated carbocycles. The zero-order valence-electron chi connectivity index (χ0n) is 6.51. The predicted octanol–water partition coefficient (Wildman–Crippen LogP) is 1.45. The van der Waals surface area contributed by atoms with Crippen LogP contribution >= 0.6 is 12.6 Å². The molecular weight excluding hydrogens is 156 g/mol. The van der Waals surface area contributed by atoms with Gasteiger partial charge < -0.3 is 10.7 Å². The Labute approximate surface area is 73.0 Å². The van der Waals surface area contributed by atoms with Crippen molar-refractivity contribution in [2.75, 3.05) is 13.1 Å². The van der Waals surface area contributed by atoms with Crippen LogP contribution in [0.15, 0.2) is 11.5 Å². The number of hydrogen-bond acceptors (Lipinski definition) is 3. The van der Waals surface area contributed by atoms with Crippen LogP contribution in [0.5, 0.6) is 0 Å². The molecule has 1 aliphatic rings. The molecule has 0 aromatic rings. The van der Waals surface area contributed by atoms with Gasteiger partial charge in [0.1, 0.15) is 0 Å². The van der Waals surface area contributed by atoms with Gasteiger partial charge in [0.25, 0.3) is 0 Å². The number of thiol groups is 1. The van der Waals surface area contributed by atoms with Crippen molar-refractivity contribution in [1.29, 1.82) is 5.41 Å². The zero-order valence-corrected chi connectivity index (χ0v) is 7.40. The molecule has 3 heteroatoms. The van der Waals surface area contributed by atoms with E-state index in [1.807, 2.05) is 0 Å². The van der Waals surface area contributed by atoms with Crippen LogP contribution in [0.25, 0.3) is 0 Å². The van der Waals surface area contributed by atoms with E-state index in [4.69, 9.17) is 5.41 Å². The van der Waals surface area contributed by atoms with E-state index < -0.39 is 0 Å². The van der Waals surface area contributed by atoms with Gasteiger partial charge in [0.2, 0.25) is 0 Å². The van der Waals surface area contributed by atoms with E-state index in [9.17, 15) is 0 Å². The molecule has 62 valence electrons. The van der Waals surface area contributed by atoms with Crippen LogP contribution in [-0.4, -0.2) is 18.8 Å². The quantitative estimate of drug-likeness (QED) is 0.426. The zero-order chi connectivity index (χ0) is 8.10. The lowest BCUT2D eigenvalue weighted by atomic mass is 9.93. The molecule has 0 aliphatic carbocycles. The summed E-state index contributed by atoms with van der Waals surface area (Å²) in [5.74, 6) is 0.458. The van der Waals surface area contributed by atoms with E-state index in [0.29, 0.717) is 5.92 Å². The molecule has 2 N–H and O–H groups in total. The van der Waals surface area contributed by atoms with Crippen LogP contribution in [0.4, 0.5) is 0 Å². The van der Waals surface area contributed by atoms with E-state index in [0.717, 1.165) is 31.6 Å². The van der Waals surface area contributed by atoms with Gasteiger partial charge in [-0.1, -0.05) is 0 Å². The number of hydrogen-bond donors (Lipinski definition) is 3. The Balaban J connectivity index is 2.38. The minimum Gasteiger partial charge on any atom is -0.317 e. The fourth-order valence-electron chi connectivity index (χ4n) is 1.35. The standard InChI is InChI=1S/C8H14N2S/c9-8(3-6-11)7-1-4-10-5-2-7/h3,6-7,9-11H,1-2,4-5H2/b6-3-,9-8?. The highest BCUT2D eigenvalue weighted by atomic mass is 32.1. The highest BCUT2D eigenvalue weighted by Crippen LogP contribution is 2.13. The highest BCUT2D eigenvalue weighted by molar-refractivity contribution is 7.83. The molecule has 0 bridgehead atoms. The molecule has 2 nitrogen and oxygen atoms in total. The van der Waals surface area contributed by atoms with Crippen molar-refractivity contribution in [3.8, 4) is 0 Å². The third kappa shape index (κ3) is 2.67. The minimum absolute atomic E-state index is 0.458. The molecule has 1 fully saturated rings. The second-order valence-electron chi connectivity index (χ2n) is 2.80. The van der Waals surface area contributed by atoms with Crippen LogP contribution in [0.2, 0.25) is 0 Å². The van der Waals surface area contributed by atoms with Gasteiger partial charge in [-0.05, 0) is 37.4 Å². The molecule has 0 amide bonds. The summed E-state index contributed by atoms with van der Waals surface area (Å²) in [6.07, 6.45) is 3.97. The first-order valence-corrected chi connectivity index (χ1v) is 4.46. The average molecular weight is 170 g/mol. The average Bonchev–Trinajstić information content (AvgIpc) is 2.07. The summed E-state index contributed by atoms with van der Waals surface area (Å²) in [7, 11) is 0. The number of piperidine rings is 1. The molecule has 0 aromatic carbocycles. The minimum atomic E-state index is 0.458. The second-order valence-corrected chi connectivity index (χ2v) is 3.09. The third-order valence-corrected chi connectivity index (χ3v) is 2.18. The van der Waals surface area contributed by atoms with E-state index in [1.165, 1.54) is 0 Å². The lowest BCUT2D eigenvalue weighted by Crippen LogP contribution is -2.30. The molecule has 11 heavy (non-hydrogen) atoms. The lowest BCUT2D eigenvalue weighted by Gasteiger charge is -2.21. The molecule has 0 atom stereocenters. The van der Waals surface area contributed by atoms with E-state index in [-0.39, 0.29) is 0 Å². The first-order chi connectivity index (χ1) is 5.34. The molecule has 1 aliphatic heterocycles. The van der Waals surface area contributed by atoms with Gasteiger partial charge in [-0.15, -0.1) is 0 Å². The first kappa shape index (κ1) is 8.81. The van der Waals surface area contributed by atoms with Gasteiger partial charge in [0, 0.05) is 11.6 Å². The largest absolute Gasteiger partial charge is 0.317 e. The first-order valence-electron chi connectivity index (χ1n) is 3.94. The summed E-state index contributed by atoms with van der Waals surface area (Å²) in [6, 6.07) is 0. The van der Waals surface area contributed by atoms with Crippen molar-refractivity contribution < 1.29 is 0 Å². The normalized spacial score (nSPS) is 20.8. The van der Waals surface area contributed by atoms with E-state index >= 15 is 0 Å². The van der Waals surface area contributed by atoms with Crippen molar-refractivity contribution in [1.82, 2.24) is 5.32 Å². The smallest absolute Gasteiger partial charge is 0.0350 e. The third-order valence-electron chi connectivity index (χ3n) is 2.03. The highest BCUT2D eigenvalue weighted by Gasteiger charge is 2.15. The summed E-state index contributed by atoms with van der Waals surface area (Å²) >= 11 is 3.94. The molecular formula is C8H14N2S. The summed E-state index contributed by atoms with van der Waals surface area (Å²) in [6.45, 7) is 2.10. The molecule has 1 heterocycles. The van der Waals surface area contributed by atoms with Crippen LogP contribution < -0.4 is 5.32 Å². The van der Waals surface area contributed by atoms with Gasteiger partial charge >= 0.3 is 0 Å². The summed E-state index contributed by atoms with van der Waals surface area (Å²) in [5, 5.41) is 12.5. The monoisotopic (exact) mass is 170 g/mol. The second kappa shape index (κ2) is 4.57. The molecule has 0 unspecified atom stereocenters. The molecule has 1 saturated heterocycles. The Bertz CT molecular complexity index is 159. The van der Waals surface area contributed by atoms with Crippen LogP contribution in [-0.2, 0) is 0 Å². The van der Waals surface area contributed by atoms with Crippen molar-refractivity contribution >= 4 is 18.3 Å². The Morgan fingerprint density at radius 1 is 1.45 bits per heavy atom. The maximum absolute atomic E-state index is 7.62. The van der Waals surface area contributed by atoms with Crippen LogP contribution in [0.1, 0.15) is 12.8 Å². The fraction of sp³-hybridized carbons (Fsp3) is 0.625. The van der Waals surface area contributed by atoms with Gasteiger partial charge in [-0.25, -0.2) is 0 Å². The van der Waals surface area contributed by atoms with Crippen molar-refractivity contribution in [2.45, 2.75) is 12.8 Å². The Hall–Kier alpha value is -0.280. The van der Waals surface area contributed by atoms with Crippen LogP contribution in [0.3, 0.4) is 0 Å². The Kier molecular flexibility index (Phi) is 3.66. The topological polar surface area (TPSA) is 35.9 Å². The molecule has 1 rings (SSSR count). The number of rotatable bonds is 2.